The van der Waals surface area contributed by atoms with Gasteiger partial charge in [0.2, 0.25) is 0 Å². The molecule has 0 bridgehead atoms. The summed E-state index contributed by atoms with van der Waals surface area (Å²) in [6, 6.07) is 6.71. The molecule has 53 heavy (non-hydrogen) atoms. The third kappa shape index (κ3) is 8.41. The fraction of sp³-hybridized carbons (Fsp3) is 0.564. The number of nitrogens with zero attached hydrogens (tertiary/aromatic N) is 6. The largest absolute Gasteiger partial charge is 0.493 e. The van der Waals surface area contributed by atoms with Crippen molar-refractivity contribution >= 4 is 39.4 Å². The minimum absolute atomic E-state index is 0.0223. The minimum Gasteiger partial charge on any atom is -0.493 e. The monoisotopic (exact) mass is 748 g/mol. The molecule has 3 fully saturated rings. The average molecular weight is 749 g/mol. The van der Waals surface area contributed by atoms with Crippen molar-refractivity contribution in [1.82, 2.24) is 34.9 Å². The number of rotatable bonds is 11. The number of aromatic nitrogens is 4. The van der Waals surface area contributed by atoms with Crippen LogP contribution in [0.15, 0.2) is 41.3 Å². The lowest BCUT2D eigenvalue weighted by atomic mass is 9.88. The van der Waals surface area contributed by atoms with Crippen molar-refractivity contribution in [2.75, 3.05) is 77.2 Å². The molecule has 0 saturated carbocycles. The van der Waals surface area contributed by atoms with Gasteiger partial charge in [0.1, 0.15) is 28.6 Å². The fourth-order valence-corrected chi connectivity index (χ4v) is 9.28. The molecule has 3 saturated heterocycles. The molecule has 6 heterocycles. The van der Waals surface area contributed by atoms with Gasteiger partial charge in [-0.05, 0) is 94.2 Å². The van der Waals surface area contributed by atoms with E-state index >= 15 is 8.78 Å². The number of benzene rings is 2. The zero-order valence-electron chi connectivity index (χ0n) is 30.5. The van der Waals surface area contributed by atoms with E-state index in [0.29, 0.717) is 47.3 Å². The van der Waals surface area contributed by atoms with Gasteiger partial charge in [-0.25, -0.2) is 13.8 Å². The van der Waals surface area contributed by atoms with Crippen molar-refractivity contribution in [3.63, 3.8) is 0 Å². The highest BCUT2D eigenvalue weighted by atomic mass is 32.2. The second-order valence-corrected chi connectivity index (χ2v) is 16.2. The Hall–Kier alpha value is -3.56. The second-order valence-electron chi connectivity index (χ2n) is 15.0. The van der Waals surface area contributed by atoms with Crippen molar-refractivity contribution < 1.29 is 18.3 Å². The molecule has 0 radical (unpaired) electrons. The number of anilines is 1. The van der Waals surface area contributed by atoms with E-state index < -0.39 is 11.4 Å². The van der Waals surface area contributed by atoms with Crippen LogP contribution in [0.1, 0.15) is 55.8 Å². The summed E-state index contributed by atoms with van der Waals surface area (Å²) in [4.78, 5) is 27.1. The molecule has 284 valence electrons. The highest BCUT2D eigenvalue weighted by Gasteiger charge is 2.27. The molecule has 0 amide bonds. The Kier molecular flexibility index (Phi) is 11.3. The molecular formula is C39H50F2N8O3S. The van der Waals surface area contributed by atoms with E-state index in [1.165, 1.54) is 6.07 Å². The number of nitrogens with one attached hydrogen (secondary N) is 2. The Labute approximate surface area is 313 Å². The number of ether oxygens (including phenoxy) is 2. The third-order valence-electron chi connectivity index (χ3n) is 11.4. The molecule has 4 aliphatic rings. The number of halogens is 2. The number of thioether (sulfide) groups is 1. The van der Waals surface area contributed by atoms with Crippen molar-refractivity contribution in [2.45, 2.75) is 55.4 Å². The summed E-state index contributed by atoms with van der Waals surface area (Å²) in [6.07, 6.45) is 9.96. The normalized spacial score (nSPS) is 20.2. The number of piperidine rings is 2. The van der Waals surface area contributed by atoms with Crippen molar-refractivity contribution in [2.24, 2.45) is 13.0 Å². The number of H-pyrrole nitrogens is 1. The number of aromatic amines is 1. The second kappa shape index (κ2) is 16.4. The molecule has 0 aliphatic carbocycles. The zero-order chi connectivity index (χ0) is 36.3. The molecule has 4 aromatic rings. The van der Waals surface area contributed by atoms with Gasteiger partial charge in [0, 0.05) is 68.9 Å². The Morgan fingerprint density at radius 1 is 0.962 bits per heavy atom. The third-order valence-corrected chi connectivity index (χ3v) is 12.8. The first-order valence-corrected chi connectivity index (χ1v) is 20.2. The maximum Gasteiger partial charge on any atom is 0.261 e. The van der Waals surface area contributed by atoms with Gasteiger partial charge >= 0.3 is 0 Å². The van der Waals surface area contributed by atoms with E-state index in [1.54, 1.807) is 23.9 Å². The predicted molar refractivity (Wildman–Crippen MR) is 206 cm³/mol. The van der Waals surface area contributed by atoms with Gasteiger partial charge in [-0.1, -0.05) is 6.08 Å². The lowest BCUT2D eigenvalue weighted by Crippen LogP contribution is -2.42. The molecule has 8 rings (SSSR count). The van der Waals surface area contributed by atoms with Crippen LogP contribution < -0.4 is 20.5 Å². The highest BCUT2D eigenvalue weighted by molar-refractivity contribution is 7.99. The predicted octanol–water partition coefficient (Wildman–Crippen LogP) is 5.35. The Morgan fingerprint density at radius 3 is 2.45 bits per heavy atom. The molecule has 0 spiro atoms. The van der Waals surface area contributed by atoms with Gasteiger partial charge in [-0.15, -0.1) is 0 Å². The van der Waals surface area contributed by atoms with Gasteiger partial charge in [-0.2, -0.15) is 16.9 Å². The topological polar surface area (TPSA) is 104 Å². The number of likely N-dealkylation sites (tertiary alicyclic amines) is 2. The van der Waals surface area contributed by atoms with Gasteiger partial charge < -0.3 is 29.2 Å². The zero-order valence-corrected chi connectivity index (χ0v) is 31.3. The Bertz CT molecular complexity index is 1980. The number of aryl methyl sites for hydroxylation is 1. The van der Waals surface area contributed by atoms with Crippen LogP contribution >= 0.6 is 11.8 Å². The fourth-order valence-electron chi connectivity index (χ4n) is 8.23. The van der Waals surface area contributed by atoms with Gasteiger partial charge in [-0.3, -0.25) is 14.8 Å². The summed E-state index contributed by atoms with van der Waals surface area (Å²) >= 11 is 1.76. The van der Waals surface area contributed by atoms with Crippen LogP contribution in [0.4, 0.5) is 14.6 Å². The molecule has 2 N–H and O–H groups in total. The summed E-state index contributed by atoms with van der Waals surface area (Å²) in [5.41, 5.74) is 1.66. The van der Waals surface area contributed by atoms with Crippen molar-refractivity contribution in [1.29, 1.82) is 0 Å². The van der Waals surface area contributed by atoms with E-state index in [0.717, 1.165) is 120 Å². The summed E-state index contributed by atoms with van der Waals surface area (Å²) in [7, 11) is 1.94. The summed E-state index contributed by atoms with van der Waals surface area (Å²) in [6.45, 7) is 9.48. The van der Waals surface area contributed by atoms with E-state index in [4.69, 9.17) is 14.6 Å². The minimum atomic E-state index is -0.606. The Balaban J connectivity index is 0.785. The van der Waals surface area contributed by atoms with Crippen LogP contribution in [0.2, 0.25) is 0 Å². The van der Waals surface area contributed by atoms with Crippen LogP contribution in [0.5, 0.6) is 5.75 Å². The summed E-state index contributed by atoms with van der Waals surface area (Å²) < 4.78 is 44.0. The van der Waals surface area contributed by atoms with E-state index in [9.17, 15) is 4.79 Å². The lowest BCUT2D eigenvalue weighted by molar-refractivity contribution is 0.1000. The Morgan fingerprint density at radius 2 is 1.72 bits per heavy atom. The van der Waals surface area contributed by atoms with Crippen LogP contribution in [0, 0.1) is 17.6 Å². The van der Waals surface area contributed by atoms with Crippen molar-refractivity contribution in [3.8, 4) is 5.75 Å². The maximum atomic E-state index is 15.6. The van der Waals surface area contributed by atoms with Crippen LogP contribution in [-0.4, -0.2) is 107 Å². The number of fused-ring (bicyclic) bond motifs is 2. The molecule has 14 heteroatoms. The quantitative estimate of drug-likeness (QED) is 0.209. The van der Waals surface area contributed by atoms with Gasteiger partial charge in [0.05, 0.1) is 30.1 Å². The number of hydrogen-bond donors (Lipinski definition) is 2. The van der Waals surface area contributed by atoms with Crippen LogP contribution in [0.25, 0.3) is 21.8 Å². The molecular weight excluding hydrogens is 699 g/mol. The first kappa shape index (κ1) is 36.4. The van der Waals surface area contributed by atoms with Gasteiger partial charge in [0.15, 0.2) is 5.82 Å². The average Bonchev–Trinajstić information content (AvgIpc) is 3.50. The summed E-state index contributed by atoms with van der Waals surface area (Å²) in [5, 5.41) is 9.33. The smallest absolute Gasteiger partial charge is 0.261 e. The van der Waals surface area contributed by atoms with E-state index in [-0.39, 0.29) is 17.1 Å². The van der Waals surface area contributed by atoms with Gasteiger partial charge in [0.25, 0.3) is 5.56 Å². The molecule has 0 atom stereocenters. The van der Waals surface area contributed by atoms with E-state index in [1.807, 2.05) is 35.0 Å². The SMILES string of the molecule is Cn1nc(N2C=CCNC2)c2cc(F)c(C3CCN(CCN4CCC(COc5cc(F)c6c(=O)[nH]c(CSC7CCOCC7)nc6c5)CC4)CC3)cc21. The maximum absolute atomic E-state index is 15.6. The molecule has 2 aromatic carbocycles. The first-order chi connectivity index (χ1) is 25.9. The number of hydrogen-bond acceptors (Lipinski definition) is 10. The molecule has 2 aromatic heterocycles. The van der Waals surface area contributed by atoms with Crippen LogP contribution in [-0.2, 0) is 17.5 Å². The summed E-state index contributed by atoms with van der Waals surface area (Å²) in [5.74, 6) is 2.18. The molecule has 0 unspecified atom stereocenters. The first-order valence-electron chi connectivity index (χ1n) is 19.2. The standard InChI is InChI=1S/C39H50F2N8O3S/c1-46-35-22-30(32(40)21-31(35)38(45-46)49-10-2-9-42-25-49)27-5-13-48(14-6-27)16-15-47-11-3-26(4-12-47)23-52-28-19-33(41)37-34(20-28)43-36(44-39(37)50)24-53-29-7-17-51-18-8-29/h2,10,19-22,26-27,29,42H,3-9,11-18,23-25H2,1H3,(H,43,44,50). The molecule has 11 nitrogen and oxygen atoms in total. The van der Waals surface area contributed by atoms with Crippen molar-refractivity contribution in [3.05, 3.63) is 69.9 Å². The van der Waals surface area contributed by atoms with E-state index in [2.05, 4.69) is 25.1 Å². The lowest BCUT2D eigenvalue weighted by Gasteiger charge is -2.36. The highest BCUT2D eigenvalue weighted by Crippen LogP contribution is 2.35. The molecule has 4 aliphatic heterocycles. The van der Waals surface area contributed by atoms with Crippen LogP contribution in [0.3, 0.4) is 0 Å².